The van der Waals surface area contributed by atoms with Crippen LogP contribution in [0.15, 0.2) is 60.8 Å². The number of para-hydroxylation sites is 1. The molecule has 1 N–H and O–H groups in total. The summed E-state index contributed by atoms with van der Waals surface area (Å²) in [4.78, 5) is 17.5. The van der Waals surface area contributed by atoms with Crippen LogP contribution in [0.25, 0.3) is 0 Å². The minimum atomic E-state index is -0.130. The molecule has 23 heavy (non-hydrogen) atoms. The highest BCUT2D eigenvalue weighted by atomic mass is 32.1. The van der Waals surface area contributed by atoms with E-state index in [0.717, 1.165) is 15.6 Å². The summed E-state index contributed by atoms with van der Waals surface area (Å²) in [5.74, 6) is 1.25. The molecule has 0 aliphatic rings. The summed E-state index contributed by atoms with van der Waals surface area (Å²) in [5.41, 5.74) is 0.569. The molecule has 0 aliphatic heterocycles. The van der Waals surface area contributed by atoms with Crippen molar-refractivity contribution >= 4 is 17.2 Å². The van der Waals surface area contributed by atoms with Gasteiger partial charge in [-0.3, -0.25) is 4.79 Å². The largest absolute Gasteiger partial charge is 0.457 e. The molecule has 2 aromatic carbocycles. The standard InChI is InChI=1S/C18H16N2O2S/c1-13-19-11-17(23-13)12-20-18(21)14-6-5-9-16(10-14)22-15-7-3-2-4-8-15/h2-11H,12H2,1H3,(H,20,21). The van der Waals surface area contributed by atoms with Gasteiger partial charge in [0, 0.05) is 16.6 Å². The summed E-state index contributed by atoms with van der Waals surface area (Å²) >= 11 is 1.58. The molecular formula is C18H16N2O2S. The Morgan fingerprint density at radius 3 is 2.65 bits per heavy atom. The third-order valence-corrected chi connectivity index (χ3v) is 4.08. The maximum atomic E-state index is 12.2. The fraction of sp³-hybridized carbons (Fsp3) is 0.111. The number of amides is 1. The minimum Gasteiger partial charge on any atom is -0.457 e. The van der Waals surface area contributed by atoms with Crippen LogP contribution in [0.5, 0.6) is 11.5 Å². The number of rotatable bonds is 5. The van der Waals surface area contributed by atoms with Crippen molar-refractivity contribution in [3.63, 3.8) is 0 Å². The minimum absolute atomic E-state index is 0.130. The lowest BCUT2D eigenvalue weighted by Gasteiger charge is -2.08. The SMILES string of the molecule is Cc1ncc(CNC(=O)c2cccc(Oc3ccccc3)c2)s1. The molecule has 0 saturated heterocycles. The van der Waals surface area contributed by atoms with Crippen LogP contribution >= 0.6 is 11.3 Å². The fourth-order valence-corrected chi connectivity index (χ4v) is 2.82. The fourth-order valence-electron chi connectivity index (χ4n) is 2.08. The van der Waals surface area contributed by atoms with E-state index in [1.165, 1.54) is 0 Å². The molecule has 0 fully saturated rings. The summed E-state index contributed by atoms with van der Waals surface area (Å²) in [7, 11) is 0. The molecule has 0 saturated carbocycles. The number of hydrogen-bond donors (Lipinski definition) is 1. The van der Waals surface area contributed by atoms with Crippen molar-refractivity contribution in [3.05, 3.63) is 76.2 Å². The third kappa shape index (κ3) is 4.17. The molecule has 3 aromatic rings. The van der Waals surface area contributed by atoms with Gasteiger partial charge in [-0.25, -0.2) is 4.98 Å². The Bertz CT molecular complexity index is 800. The molecule has 1 aromatic heterocycles. The van der Waals surface area contributed by atoms with E-state index in [1.54, 1.807) is 29.7 Å². The van der Waals surface area contributed by atoms with Crippen LogP contribution in [0.3, 0.4) is 0 Å². The van der Waals surface area contributed by atoms with Gasteiger partial charge in [-0.2, -0.15) is 0 Å². The Labute approximate surface area is 138 Å². The Hall–Kier alpha value is -2.66. The number of aromatic nitrogens is 1. The number of aryl methyl sites for hydroxylation is 1. The molecule has 0 atom stereocenters. The molecule has 4 nitrogen and oxygen atoms in total. The molecule has 0 bridgehead atoms. The number of hydrogen-bond acceptors (Lipinski definition) is 4. The van der Waals surface area contributed by atoms with Crippen molar-refractivity contribution in [2.24, 2.45) is 0 Å². The van der Waals surface area contributed by atoms with Crippen molar-refractivity contribution in [3.8, 4) is 11.5 Å². The van der Waals surface area contributed by atoms with Gasteiger partial charge in [0.25, 0.3) is 5.91 Å². The second-order valence-corrected chi connectivity index (χ2v) is 6.29. The Morgan fingerprint density at radius 1 is 1.13 bits per heavy atom. The van der Waals surface area contributed by atoms with Gasteiger partial charge in [-0.1, -0.05) is 24.3 Å². The highest BCUT2D eigenvalue weighted by Gasteiger charge is 2.08. The maximum Gasteiger partial charge on any atom is 0.251 e. The molecule has 0 spiro atoms. The zero-order chi connectivity index (χ0) is 16.1. The predicted molar refractivity (Wildman–Crippen MR) is 91.0 cm³/mol. The summed E-state index contributed by atoms with van der Waals surface area (Å²) in [6, 6.07) is 16.6. The van der Waals surface area contributed by atoms with Crippen LogP contribution in [-0.2, 0) is 6.54 Å². The van der Waals surface area contributed by atoms with E-state index < -0.39 is 0 Å². The summed E-state index contributed by atoms with van der Waals surface area (Å²) in [5, 5.41) is 3.89. The normalized spacial score (nSPS) is 10.3. The number of nitrogens with zero attached hydrogens (tertiary/aromatic N) is 1. The first-order valence-corrected chi connectivity index (χ1v) is 8.05. The monoisotopic (exact) mass is 324 g/mol. The van der Waals surface area contributed by atoms with Gasteiger partial charge in [-0.15, -0.1) is 11.3 Å². The molecule has 0 aliphatic carbocycles. The van der Waals surface area contributed by atoms with E-state index in [1.807, 2.05) is 49.4 Å². The van der Waals surface area contributed by atoms with Crippen molar-refractivity contribution in [2.75, 3.05) is 0 Å². The van der Waals surface area contributed by atoms with E-state index >= 15 is 0 Å². The second-order valence-electron chi connectivity index (χ2n) is 4.97. The molecule has 0 unspecified atom stereocenters. The van der Waals surface area contributed by atoms with Crippen molar-refractivity contribution < 1.29 is 9.53 Å². The summed E-state index contributed by atoms with van der Waals surface area (Å²) in [6.45, 7) is 2.43. The number of benzene rings is 2. The van der Waals surface area contributed by atoms with Gasteiger partial charge < -0.3 is 10.1 Å². The topological polar surface area (TPSA) is 51.2 Å². The van der Waals surface area contributed by atoms with Gasteiger partial charge in [0.05, 0.1) is 11.6 Å². The first-order chi connectivity index (χ1) is 11.2. The van der Waals surface area contributed by atoms with Crippen LogP contribution in [0.2, 0.25) is 0 Å². The predicted octanol–water partition coefficient (Wildman–Crippen LogP) is 4.17. The Kier molecular flexibility index (Phi) is 4.68. The number of ether oxygens (including phenoxy) is 1. The van der Waals surface area contributed by atoms with Gasteiger partial charge in [-0.05, 0) is 37.3 Å². The van der Waals surface area contributed by atoms with E-state index in [2.05, 4.69) is 10.3 Å². The molecule has 116 valence electrons. The van der Waals surface area contributed by atoms with Crippen LogP contribution < -0.4 is 10.1 Å². The van der Waals surface area contributed by atoms with Crippen LogP contribution in [0.1, 0.15) is 20.2 Å². The number of carbonyl (C=O) groups is 1. The Morgan fingerprint density at radius 2 is 1.91 bits per heavy atom. The maximum absolute atomic E-state index is 12.2. The lowest BCUT2D eigenvalue weighted by molar-refractivity contribution is 0.0951. The first kappa shape index (κ1) is 15.2. The number of nitrogens with one attached hydrogen (secondary N) is 1. The van der Waals surface area contributed by atoms with E-state index in [-0.39, 0.29) is 5.91 Å². The summed E-state index contributed by atoms with van der Waals surface area (Å²) in [6.07, 6.45) is 1.79. The van der Waals surface area contributed by atoms with Crippen molar-refractivity contribution in [1.29, 1.82) is 0 Å². The lowest BCUT2D eigenvalue weighted by Crippen LogP contribution is -2.22. The zero-order valence-corrected chi connectivity index (χ0v) is 13.5. The molecule has 5 heteroatoms. The molecule has 1 amide bonds. The summed E-state index contributed by atoms with van der Waals surface area (Å²) < 4.78 is 5.75. The average molecular weight is 324 g/mol. The van der Waals surface area contributed by atoms with E-state index in [4.69, 9.17) is 4.74 Å². The van der Waals surface area contributed by atoms with Gasteiger partial charge in [0.15, 0.2) is 0 Å². The van der Waals surface area contributed by atoms with Crippen LogP contribution in [0, 0.1) is 6.92 Å². The average Bonchev–Trinajstić information content (AvgIpc) is 2.99. The van der Waals surface area contributed by atoms with Crippen molar-refractivity contribution in [1.82, 2.24) is 10.3 Å². The lowest BCUT2D eigenvalue weighted by atomic mass is 10.2. The first-order valence-electron chi connectivity index (χ1n) is 7.23. The Balaban J connectivity index is 1.65. The van der Waals surface area contributed by atoms with E-state index in [0.29, 0.717) is 17.9 Å². The number of carbonyl (C=O) groups excluding carboxylic acids is 1. The highest BCUT2D eigenvalue weighted by molar-refractivity contribution is 7.11. The third-order valence-electron chi connectivity index (χ3n) is 3.17. The molecule has 3 rings (SSSR count). The van der Waals surface area contributed by atoms with Gasteiger partial charge in [0.1, 0.15) is 11.5 Å². The quantitative estimate of drug-likeness (QED) is 0.766. The highest BCUT2D eigenvalue weighted by Crippen LogP contribution is 2.21. The smallest absolute Gasteiger partial charge is 0.251 e. The van der Waals surface area contributed by atoms with Crippen LogP contribution in [0.4, 0.5) is 0 Å². The molecular weight excluding hydrogens is 308 g/mol. The number of thiazole rings is 1. The van der Waals surface area contributed by atoms with Crippen molar-refractivity contribution in [2.45, 2.75) is 13.5 Å². The van der Waals surface area contributed by atoms with Gasteiger partial charge >= 0.3 is 0 Å². The second kappa shape index (κ2) is 7.07. The van der Waals surface area contributed by atoms with Gasteiger partial charge in [0.2, 0.25) is 0 Å². The van der Waals surface area contributed by atoms with E-state index in [9.17, 15) is 4.79 Å². The molecule has 1 heterocycles. The van der Waals surface area contributed by atoms with Crippen LogP contribution in [-0.4, -0.2) is 10.9 Å². The molecule has 0 radical (unpaired) electrons. The zero-order valence-electron chi connectivity index (χ0n) is 12.7.